The lowest BCUT2D eigenvalue weighted by Crippen LogP contribution is -2.17. The molecule has 3 heteroatoms. The van der Waals surface area contributed by atoms with Crippen molar-refractivity contribution in [3.63, 3.8) is 0 Å². The maximum atomic E-state index is 11.4. The standard InChI is InChI=1S/C12H15ClO2/c1-3-15-12(14)9(2)8-10-6-4-5-7-11(10)13/h4-7,9H,3,8H2,1-2H3. The quantitative estimate of drug-likeness (QED) is 0.738. The Morgan fingerprint density at radius 2 is 2.13 bits per heavy atom. The molecule has 0 saturated heterocycles. The molecular weight excluding hydrogens is 212 g/mol. The number of hydrogen-bond donors (Lipinski definition) is 0. The summed E-state index contributed by atoms with van der Waals surface area (Å²) in [6, 6.07) is 7.55. The summed E-state index contributed by atoms with van der Waals surface area (Å²) in [5.41, 5.74) is 0.986. The van der Waals surface area contributed by atoms with Crippen molar-refractivity contribution in [3.8, 4) is 0 Å². The molecule has 0 aliphatic rings. The summed E-state index contributed by atoms with van der Waals surface area (Å²) in [5, 5.41) is 0.702. The first-order chi connectivity index (χ1) is 7.15. The number of hydrogen-bond acceptors (Lipinski definition) is 2. The molecule has 15 heavy (non-hydrogen) atoms. The molecule has 1 aromatic carbocycles. The normalized spacial score (nSPS) is 12.2. The van der Waals surface area contributed by atoms with Gasteiger partial charge in [-0.3, -0.25) is 4.79 Å². The third-order valence-electron chi connectivity index (χ3n) is 2.17. The Kier molecular flexibility index (Phi) is 4.63. The molecule has 1 rings (SSSR count). The molecule has 0 aromatic heterocycles. The molecule has 0 radical (unpaired) electrons. The Labute approximate surface area is 95.2 Å². The Hall–Kier alpha value is -1.02. The van der Waals surface area contributed by atoms with E-state index in [9.17, 15) is 4.79 Å². The van der Waals surface area contributed by atoms with Crippen molar-refractivity contribution in [1.29, 1.82) is 0 Å². The number of benzene rings is 1. The van der Waals surface area contributed by atoms with E-state index in [2.05, 4.69) is 0 Å². The molecule has 0 bridgehead atoms. The highest BCUT2D eigenvalue weighted by Gasteiger charge is 2.15. The molecule has 0 fully saturated rings. The molecule has 82 valence electrons. The van der Waals surface area contributed by atoms with Crippen LogP contribution in [-0.4, -0.2) is 12.6 Å². The molecule has 0 heterocycles. The third kappa shape index (κ3) is 3.56. The molecule has 1 aromatic rings. The predicted molar refractivity (Wildman–Crippen MR) is 61.0 cm³/mol. The minimum absolute atomic E-state index is 0.148. The van der Waals surface area contributed by atoms with E-state index >= 15 is 0 Å². The first-order valence-corrected chi connectivity index (χ1v) is 5.43. The van der Waals surface area contributed by atoms with Gasteiger partial charge in [-0.2, -0.15) is 0 Å². The lowest BCUT2D eigenvalue weighted by Gasteiger charge is -2.11. The topological polar surface area (TPSA) is 26.3 Å². The molecule has 0 saturated carbocycles. The van der Waals surface area contributed by atoms with Gasteiger partial charge in [0.05, 0.1) is 12.5 Å². The summed E-state index contributed by atoms with van der Waals surface area (Å²) in [6.45, 7) is 4.08. The fourth-order valence-electron chi connectivity index (χ4n) is 1.36. The smallest absolute Gasteiger partial charge is 0.308 e. The van der Waals surface area contributed by atoms with Crippen molar-refractivity contribution in [1.82, 2.24) is 0 Å². The Bertz CT molecular complexity index is 336. The molecule has 0 N–H and O–H groups in total. The van der Waals surface area contributed by atoms with Crippen LogP contribution in [0, 0.1) is 5.92 Å². The van der Waals surface area contributed by atoms with Crippen LogP contribution in [0.25, 0.3) is 0 Å². The number of rotatable bonds is 4. The predicted octanol–water partition coefficient (Wildman–Crippen LogP) is 3.08. The maximum absolute atomic E-state index is 11.4. The highest BCUT2D eigenvalue weighted by atomic mass is 35.5. The molecule has 0 aliphatic heterocycles. The second-order valence-electron chi connectivity index (χ2n) is 3.45. The Morgan fingerprint density at radius 3 is 2.73 bits per heavy atom. The van der Waals surface area contributed by atoms with Gasteiger partial charge in [0.2, 0.25) is 0 Å². The molecule has 2 nitrogen and oxygen atoms in total. The van der Waals surface area contributed by atoms with Crippen molar-refractivity contribution in [3.05, 3.63) is 34.9 Å². The van der Waals surface area contributed by atoms with Gasteiger partial charge < -0.3 is 4.74 Å². The van der Waals surface area contributed by atoms with E-state index < -0.39 is 0 Å². The fourth-order valence-corrected chi connectivity index (χ4v) is 1.57. The van der Waals surface area contributed by atoms with E-state index in [1.807, 2.05) is 31.2 Å². The summed E-state index contributed by atoms with van der Waals surface area (Å²) >= 11 is 6.00. The second-order valence-corrected chi connectivity index (χ2v) is 3.86. The highest BCUT2D eigenvalue weighted by Crippen LogP contribution is 2.19. The van der Waals surface area contributed by atoms with E-state index in [0.29, 0.717) is 18.1 Å². The van der Waals surface area contributed by atoms with Crippen LogP contribution in [0.1, 0.15) is 19.4 Å². The fraction of sp³-hybridized carbons (Fsp3) is 0.417. The number of halogens is 1. The van der Waals surface area contributed by atoms with Crippen molar-refractivity contribution in [2.24, 2.45) is 5.92 Å². The highest BCUT2D eigenvalue weighted by molar-refractivity contribution is 6.31. The first kappa shape index (κ1) is 12.1. The minimum atomic E-state index is -0.169. The largest absolute Gasteiger partial charge is 0.466 e. The summed E-state index contributed by atoms with van der Waals surface area (Å²) in [5.74, 6) is -0.317. The van der Waals surface area contributed by atoms with Crippen LogP contribution < -0.4 is 0 Å². The van der Waals surface area contributed by atoms with Gasteiger partial charge in [-0.05, 0) is 25.0 Å². The molecule has 0 aliphatic carbocycles. The van der Waals surface area contributed by atoms with E-state index in [1.165, 1.54) is 0 Å². The van der Waals surface area contributed by atoms with Crippen LogP contribution in [0.5, 0.6) is 0 Å². The number of ether oxygens (including phenoxy) is 1. The maximum Gasteiger partial charge on any atom is 0.308 e. The number of esters is 1. The summed E-state index contributed by atoms with van der Waals surface area (Å²) < 4.78 is 4.93. The van der Waals surface area contributed by atoms with Crippen molar-refractivity contribution < 1.29 is 9.53 Å². The zero-order valence-corrected chi connectivity index (χ0v) is 9.75. The van der Waals surface area contributed by atoms with Crippen LogP contribution in [0.3, 0.4) is 0 Å². The molecule has 0 amide bonds. The van der Waals surface area contributed by atoms with Gasteiger partial charge in [0.15, 0.2) is 0 Å². The van der Waals surface area contributed by atoms with Gasteiger partial charge in [0, 0.05) is 5.02 Å². The third-order valence-corrected chi connectivity index (χ3v) is 2.54. The molecule has 1 atom stereocenters. The van der Waals surface area contributed by atoms with Crippen LogP contribution in [0.4, 0.5) is 0 Å². The summed E-state index contributed by atoms with van der Waals surface area (Å²) in [4.78, 5) is 11.4. The first-order valence-electron chi connectivity index (χ1n) is 5.05. The number of carbonyl (C=O) groups excluding carboxylic acids is 1. The van der Waals surface area contributed by atoms with Gasteiger partial charge in [0.25, 0.3) is 0 Å². The van der Waals surface area contributed by atoms with E-state index in [0.717, 1.165) is 5.56 Å². The van der Waals surface area contributed by atoms with Gasteiger partial charge >= 0.3 is 5.97 Å². The SMILES string of the molecule is CCOC(=O)C(C)Cc1ccccc1Cl. The Balaban J connectivity index is 2.62. The lowest BCUT2D eigenvalue weighted by molar-refractivity contribution is -0.147. The minimum Gasteiger partial charge on any atom is -0.466 e. The van der Waals surface area contributed by atoms with Crippen LogP contribution in [0.15, 0.2) is 24.3 Å². The van der Waals surface area contributed by atoms with Crippen LogP contribution in [-0.2, 0) is 16.0 Å². The van der Waals surface area contributed by atoms with Gasteiger partial charge in [-0.15, -0.1) is 0 Å². The van der Waals surface area contributed by atoms with E-state index in [4.69, 9.17) is 16.3 Å². The van der Waals surface area contributed by atoms with E-state index in [1.54, 1.807) is 6.92 Å². The van der Waals surface area contributed by atoms with Crippen LogP contribution >= 0.6 is 11.6 Å². The average molecular weight is 227 g/mol. The van der Waals surface area contributed by atoms with Gasteiger partial charge in [0.1, 0.15) is 0 Å². The van der Waals surface area contributed by atoms with Crippen LogP contribution in [0.2, 0.25) is 5.02 Å². The zero-order chi connectivity index (χ0) is 11.3. The van der Waals surface area contributed by atoms with E-state index in [-0.39, 0.29) is 11.9 Å². The van der Waals surface area contributed by atoms with Gasteiger partial charge in [-0.1, -0.05) is 36.7 Å². The average Bonchev–Trinajstić information content (AvgIpc) is 2.21. The summed E-state index contributed by atoms with van der Waals surface area (Å²) in [7, 11) is 0. The molecule has 0 spiro atoms. The number of carbonyl (C=O) groups is 1. The lowest BCUT2D eigenvalue weighted by atomic mass is 10.0. The summed E-state index contributed by atoms with van der Waals surface area (Å²) in [6.07, 6.45) is 0.624. The monoisotopic (exact) mass is 226 g/mol. The molecular formula is C12H15ClO2. The Morgan fingerprint density at radius 1 is 1.47 bits per heavy atom. The van der Waals surface area contributed by atoms with Crippen molar-refractivity contribution in [2.75, 3.05) is 6.61 Å². The van der Waals surface area contributed by atoms with Crippen molar-refractivity contribution in [2.45, 2.75) is 20.3 Å². The zero-order valence-electron chi connectivity index (χ0n) is 9.00. The molecule has 1 unspecified atom stereocenters. The second kappa shape index (κ2) is 5.76. The van der Waals surface area contributed by atoms with Gasteiger partial charge in [-0.25, -0.2) is 0 Å². The van der Waals surface area contributed by atoms with Crippen molar-refractivity contribution >= 4 is 17.6 Å².